The van der Waals surface area contributed by atoms with E-state index in [1.54, 1.807) is 6.20 Å². The van der Waals surface area contributed by atoms with E-state index < -0.39 is 0 Å². The zero-order valence-electron chi connectivity index (χ0n) is 9.86. The van der Waals surface area contributed by atoms with Crippen LogP contribution < -0.4 is 5.73 Å². The third-order valence-electron chi connectivity index (χ3n) is 3.44. The predicted molar refractivity (Wildman–Crippen MR) is 63.8 cm³/mol. The molecule has 1 saturated carbocycles. The molecule has 2 atom stereocenters. The van der Waals surface area contributed by atoms with Gasteiger partial charge in [0.25, 0.3) is 0 Å². The number of nitrogens with two attached hydrogens (primary N) is 1. The molecule has 1 heterocycles. The molecule has 1 aliphatic carbocycles. The van der Waals surface area contributed by atoms with Crippen LogP contribution >= 0.6 is 0 Å². The summed E-state index contributed by atoms with van der Waals surface area (Å²) in [5.74, 6) is 0.729. The van der Waals surface area contributed by atoms with Crippen molar-refractivity contribution in [2.24, 2.45) is 11.7 Å². The Hall–Kier alpha value is -0.930. The van der Waals surface area contributed by atoms with Gasteiger partial charge in [-0.25, -0.2) is 0 Å². The Morgan fingerprint density at radius 1 is 1.56 bits per heavy atom. The molecule has 3 nitrogen and oxygen atoms in total. The number of ether oxygens (including phenoxy) is 1. The summed E-state index contributed by atoms with van der Waals surface area (Å²) in [4.78, 5) is 4.26. The van der Waals surface area contributed by atoms with E-state index in [4.69, 9.17) is 10.5 Å². The highest BCUT2D eigenvalue weighted by molar-refractivity contribution is 5.02. The fraction of sp³-hybridized carbons (Fsp3) is 0.615. The first-order chi connectivity index (χ1) is 7.74. The standard InChI is InChI=1S/C13H20N2O/c1-11-5-6-13(8-11,10-14)16-9-12-4-2-3-7-15-12/h2-4,7,11H,5-6,8-10,14H2,1H3. The summed E-state index contributed by atoms with van der Waals surface area (Å²) in [5.41, 5.74) is 6.73. The Morgan fingerprint density at radius 3 is 3.00 bits per heavy atom. The van der Waals surface area contributed by atoms with E-state index in [1.165, 1.54) is 6.42 Å². The molecule has 2 unspecified atom stereocenters. The van der Waals surface area contributed by atoms with Gasteiger partial charge in [-0.2, -0.15) is 0 Å². The van der Waals surface area contributed by atoms with Gasteiger partial charge >= 0.3 is 0 Å². The van der Waals surface area contributed by atoms with Gasteiger partial charge in [0.05, 0.1) is 17.9 Å². The Bertz CT molecular complexity index is 328. The highest BCUT2D eigenvalue weighted by Gasteiger charge is 2.37. The minimum atomic E-state index is -0.100. The lowest BCUT2D eigenvalue weighted by Crippen LogP contribution is -2.38. The molecule has 2 N–H and O–H groups in total. The number of hydrogen-bond donors (Lipinski definition) is 1. The summed E-state index contributed by atoms with van der Waals surface area (Å²) in [6.07, 6.45) is 5.18. The molecule has 16 heavy (non-hydrogen) atoms. The van der Waals surface area contributed by atoms with Gasteiger partial charge in [-0.1, -0.05) is 13.0 Å². The van der Waals surface area contributed by atoms with Crippen LogP contribution in [0.5, 0.6) is 0 Å². The molecule has 3 heteroatoms. The summed E-state index contributed by atoms with van der Waals surface area (Å²) >= 11 is 0. The lowest BCUT2D eigenvalue weighted by molar-refractivity contribution is -0.0484. The first-order valence-corrected chi connectivity index (χ1v) is 5.98. The van der Waals surface area contributed by atoms with Crippen molar-refractivity contribution >= 4 is 0 Å². The van der Waals surface area contributed by atoms with Gasteiger partial charge in [-0.3, -0.25) is 4.98 Å². The molecule has 0 aliphatic heterocycles. The summed E-state index contributed by atoms with van der Waals surface area (Å²) in [6, 6.07) is 5.89. The smallest absolute Gasteiger partial charge is 0.0896 e. The van der Waals surface area contributed by atoms with E-state index in [1.807, 2.05) is 18.2 Å². The van der Waals surface area contributed by atoms with Crippen LogP contribution in [0.2, 0.25) is 0 Å². The molecule has 0 spiro atoms. The second-order valence-electron chi connectivity index (χ2n) is 4.84. The van der Waals surface area contributed by atoms with E-state index in [2.05, 4.69) is 11.9 Å². The van der Waals surface area contributed by atoms with Crippen LogP contribution in [0, 0.1) is 5.92 Å². The van der Waals surface area contributed by atoms with Crippen LogP contribution in [-0.4, -0.2) is 17.1 Å². The van der Waals surface area contributed by atoms with Crippen LogP contribution in [0.1, 0.15) is 31.9 Å². The molecule has 1 aromatic rings. The van der Waals surface area contributed by atoms with Crippen LogP contribution in [0.15, 0.2) is 24.4 Å². The molecule has 1 aromatic heterocycles. The molecule has 0 bridgehead atoms. The molecule has 88 valence electrons. The van der Waals surface area contributed by atoms with Gasteiger partial charge in [-0.05, 0) is 37.3 Å². The SMILES string of the molecule is CC1CCC(CN)(OCc2ccccn2)C1. The molecule has 1 fully saturated rings. The highest BCUT2D eigenvalue weighted by Crippen LogP contribution is 2.36. The molecular weight excluding hydrogens is 200 g/mol. The van der Waals surface area contributed by atoms with Gasteiger partial charge in [0.15, 0.2) is 0 Å². The van der Waals surface area contributed by atoms with Gasteiger partial charge in [-0.15, -0.1) is 0 Å². The van der Waals surface area contributed by atoms with Crippen LogP contribution in [0.4, 0.5) is 0 Å². The Morgan fingerprint density at radius 2 is 2.44 bits per heavy atom. The average molecular weight is 220 g/mol. The fourth-order valence-electron chi connectivity index (χ4n) is 2.43. The Labute approximate surface area is 97.0 Å². The first kappa shape index (κ1) is 11.6. The van der Waals surface area contributed by atoms with Gasteiger partial charge in [0.1, 0.15) is 0 Å². The minimum absolute atomic E-state index is 0.100. The summed E-state index contributed by atoms with van der Waals surface area (Å²) < 4.78 is 6.01. The lowest BCUT2D eigenvalue weighted by atomic mass is 10.0. The molecule has 0 amide bonds. The Balaban J connectivity index is 1.93. The highest BCUT2D eigenvalue weighted by atomic mass is 16.5. The van der Waals surface area contributed by atoms with E-state index in [-0.39, 0.29) is 5.60 Å². The van der Waals surface area contributed by atoms with Crippen molar-refractivity contribution < 1.29 is 4.74 Å². The van der Waals surface area contributed by atoms with Crippen molar-refractivity contribution in [1.29, 1.82) is 0 Å². The van der Waals surface area contributed by atoms with Gasteiger partial charge in [0.2, 0.25) is 0 Å². The average Bonchev–Trinajstić information content (AvgIpc) is 2.71. The predicted octanol–water partition coefficient (Wildman–Crippen LogP) is 2.12. The van der Waals surface area contributed by atoms with Crippen molar-refractivity contribution in [3.05, 3.63) is 30.1 Å². The van der Waals surface area contributed by atoms with Crippen LogP contribution in [0.3, 0.4) is 0 Å². The fourth-order valence-corrected chi connectivity index (χ4v) is 2.43. The Kier molecular flexibility index (Phi) is 3.56. The number of aromatic nitrogens is 1. The van der Waals surface area contributed by atoms with E-state index in [0.29, 0.717) is 13.2 Å². The number of pyridine rings is 1. The third-order valence-corrected chi connectivity index (χ3v) is 3.44. The quantitative estimate of drug-likeness (QED) is 0.845. The molecule has 1 aliphatic rings. The summed E-state index contributed by atoms with van der Waals surface area (Å²) in [5, 5.41) is 0. The summed E-state index contributed by atoms with van der Waals surface area (Å²) in [6.45, 7) is 3.45. The monoisotopic (exact) mass is 220 g/mol. The van der Waals surface area contributed by atoms with E-state index >= 15 is 0 Å². The molecule has 0 saturated heterocycles. The zero-order chi connectivity index (χ0) is 11.4. The number of hydrogen-bond acceptors (Lipinski definition) is 3. The lowest BCUT2D eigenvalue weighted by Gasteiger charge is -2.28. The van der Waals surface area contributed by atoms with Crippen molar-refractivity contribution in [3.63, 3.8) is 0 Å². The van der Waals surface area contributed by atoms with E-state index in [9.17, 15) is 0 Å². The van der Waals surface area contributed by atoms with Gasteiger partial charge < -0.3 is 10.5 Å². The largest absolute Gasteiger partial charge is 0.367 e. The maximum atomic E-state index is 6.01. The molecular formula is C13H20N2O. The summed E-state index contributed by atoms with van der Waals surface area (Å²) in [7, 11) is 0. The first-order valence-electron chi connectivity index (χ1n) is 5.98. The van der Waals surface area contributed by atoms with Crippen LogP contribution in [0.25, 0.3) is 0 Å². The normalized spacial score (nSPS) is 29.5. The van der Waals surface area contributed by atoms with Crippen LogP contribution in [-0.2, 0) is 11.3 Å². The minimum Gasteiger partial charge on any atom is -0.367 e. The zero-order valence-corrected chi connectivity index (χ0v) is 9.86. The molecule has 0 radical (unpaired) electrons. The maximum absolute atomic E-state index is 6.01. The second kappa shape index (κ2) is 4.93. The van der Waals surface area contributed by atoms with Gasteiger partial charge in [0, 0.05) is 12.7 Å². The number of nitrogens with zero attached hydrogens (tertiary/aromatic N) is 1. The number of rotatable bonds is 4. The van der Waals surface area contributed by atoms with Crippen molar-refractivity contribution in [3.8, 4) is 0 Å². The topological polar surface area (TPSA) is 48.1 Å². The molecule has 0 aromatic carbocycles. The second-order valence-corrected chi connectivity index (χ2v) is 4.84. The molecule has 2 rings (SSSR count). The maximum Gasteiger partial charge on any atom is 0.0896 e. The van der Waals surface area contributed by atoms with E-state index in [0.717, 1.165) is 24.5 Å². The third kappa shape index (κ3) is 2.60. The van der Waals surface area contributed by atoms with Crippen molar-refractivity contribution in [2.45, 2.75) is 38.4 Å². The van der Waals surface area contributed by atoms with Crippen molar-refractivity contribution in [1.82, 2.24) is 4.98 Å². The van der Waals surface area contributed by atoms with Crippen molar-refractivity contribution in [2.75, 3.05) is 6.54 Å².